The molecular weight excluding hydrogens is 324 g/mol. The molecule has 1 aromatic heterocycles. The molecule has 1 spiro atoms. The van der Waals surface area contributed by atoms with Crippen LogP contribution in [0.25, 0.3) is 5.69 Å². The summed E-state index contributed by atoms with van der Waals surface area (Å²) in [6.45, 7) is 8.93. The molecule has 2 bridgehead atoms. The molecule has 0 N–H and O–H groups in total. The highest BCUT2D eigenvalue weighted by molar-refractivity contribution is 5.38. The molecular formula is C21H24N4O. The lowest BCUT2D eigenvalue weighted by atomic mass is 9.55. The topological polar surface area (TPSA) is 54.1 Å². The minimum absolute atomic E-state index is 0.0513. The van der Waals surface area contributed by atoms with Crippen LogP contribution in [0.2, 0.25) is 0 Å². The first-order valence-corrected chi connectivity index (χ1v) is 9.31. The van der Waals surface area contributed by atoms with Crippen molar-refractivity contribution in [3.63, 3.8) is 0 Å². The SMILES string of the molecule is Cc1ncn(-c2ccc(CN3CC4(C3)OC3(C)CC4(C#N)C3)cc2)c1C. The van der Waals surface area contributed by atoms with Gasteiger partial charge in [-0.3, -0.25) is 4.90 Å². The molecule has 0 atom stereocenters. The maximum atomic E-state index is 9.66. The largest absolute Gasteiger partial charge is 0.364 e. The number of imidazole rings is 1. The molecule has 134 valence electrons. The molecule has 4 aliphatic rings. The summed E-state index contributed by atoms with van der Waals surface area (Å²) in [5, 5.41) is 9.66. The fraction of sp³-hybridized carbons (Fsp3) is 0.524. The molecule has 2 aromatic rings. The number of nitrogens with zero attached hydrogens (tertiary/aromatic N) is 4. The van der Waals surface area contributed by atoms with E-state index in [2.05, 4.69) is 58.6 Å². The normalized spacial score (nSPS) is 31.5. The van der Waals surface area contributed by atoms with Gasteiger partial charge in [0.25, 0.3) is 0 Å². The highest BCUT2D eigenvalue weighted by Gasteiger charge is 2.76. The summed E-state index contributed by atoms with van der Waals surface area (Å²) in [4.78, 5) is 6.77. The van der Waals surface area contributed by atoms with Crippen LogP contribution in [0.15, 0.2) is 30.6 Å². The summed E-state index contributed by atoms with van der Waals surface area (Å²) in [6.07, 6.45) is 3.69. The number of ether oxygens (including phenoxy) is 1. The summed E-state index contributed by atoms with van der Waals surface area (Å²) in [5.74, 6) is 0. The fourth-order valence-electron chi connectivity index (χ4n) is 5.30. The molecule has 4 fully saturated rings. The Morgan fingerprint density at radius 1 is 1.19 bits per heavy atom. The fourth-order valence-corrected chi connectivity index (χ4v) is 5.30. The zero-order valence-corrected chi connectivity index (χ0v) is 15.6. The smallest absolute Gasteiger partial charge is 0.113 e. The molecule has 1 saturated carbocycles. The predicted octanol–water partition coefficient (Wildman–Crippen LogP) is 3.14. The van der Waals surface area contributed by atoms with E-state index in [1.54, 1.807) is 0 Å². The number of aryl methyl sites for hydroxylation is 1. The Labute approximate surface area is 154 Å². The van der Waals surface area contributed by atoms with Crippen LogP contribution in [-0.4, -0.2) is 38.7 Å². The molecule has 4 heterocycles. The molecule has 3 saturated heterocycles. The first-order valence-electron chi connectivity index (χ1n) is 9.31. The number of hydrogen-bond donors (Lipinski definition) is 0. The van der Waals surface area contributed by atoms with Crippen LogP contribution < -0.4 is 0 Å². The number of hydrogen-bond acceptors (Lipinski definition) is 4. The molecule has 26 heavy (non-hydrogen) atoms. The summed E-state index contributed by atoms with van der Waals surface area (Å²) in [5.41, 5.74) is 4.17. The number of likely N-dealkylation sites (tertiary alicyclic amines) is 1. The molecule has 3 aliphatic heterocycles. The summed E-state index contributed by atoms with van der Waals surface area (Å²) in [6, 6.07) is 11.3. The lowest BCUT2D eigenvalue weighted by Gasteiger charge is -2.52. The van der Waals surface area contributed by atoms with E-state index in [1.165, 1.54) is 11.3 Å². The third-order valence-corrected chi connectivity index (χ3v) is 6.71. The van der Waals surface area contributed by atoms with Crippen LogP contribution in [0.4, 0.5) is 0 Å². The number of benzene rings is 1. The van der Waals surface area contributed by atoms with Crippen molar-refractivity contribution >= 4 is 0 Å². The maximum Gasteiger partial charge on any atom is 0.113 e. The van der Waals surface area contributed by atoms with Gasteiger partial charge >= 0.3 is 0 Å². The number of nitriles is 1. The average Bonchev–Trinajstić information content (AvgIpc) is 3.13. The van der Waals surface area contributed by atoms with E-state index in [0.717, 1.165) is 43.9 Å². The van der Waals surface area contributed by atoms with Crippen molar-refractivity contribution in [1.29, 1.82) is 5.26 Å². The van der Waals surface area contributed by atoms with Gasteiger partial charge in [-0.15, -0.1) is 0 Å². The minimum atomic E-state index is -0.237. The molecule has 0 amide bonds. The number of aromatic nitrogens is 2. The standard InChI is InChI=1S/C21H24N4O/c1-15-16(2)25(14-23-15)18-6-4-17(5-7-18)8-24-12-21(13-24)20(11-22)9-19(3,10-20)26-21/h4-7,14H,8-10,12-13H2,1-3H3. The van der Waals surface area contributed by atoms with Crippen molar-refractivity contribution in [3.05, 3.63) is 47.5 Å². The van der Waals surface area contributed by atoms with E-state index in [4.69, 9.17) is 4.74 Å². The van der Waals surface area contributed by atoms with E-state index in [1.807, 2.05) is 13.3 Å². The van der Waals surface area contributed by atoms with Crippen molar-refractivity contribution < 1.29 is 4.74 Å². The van der Waals surface area contributed by atoms with Gasteiger partial charge in [-0.05, 0) is 51.3 Å². The van der Waals surface area contributed by atoms with Crippen LogP contribution in [-0.2, 0) is 11.3 Å². The lowest BCUT2D eigenvalue weighted by Crippen LogP contribution is -2.66. The van der Waals surface area contributed by atoms with Gasteiger partial charge in [-0.2, -0.15) is 5.26 Å². The maximum absolute atomic E-state index is 9.66. The van der Waals surface area contributed by atoms with E-state index in [0.29, 0.717) is 0 Å². The first kappa shape index (κ1) is 16.0. The monoisotopic (exact) mass is 348 g/mol. The van der Waals surface area contributed by atoms with Crippen molar-refractivity contribution in [3.8, 4) is 11.8 Å². The Kier molecular flexibility index (Phi) is 3.06. The number of rotatable bonds is 3. The van der Waals surface area contributed by atoms with Gasteiger partial charge in [0.05, 0.1) is 29.1 Å². The predicted molar refractivity (Wildman–Crippen MR) is 97.8 cm³/mol. The molecule has 1 aliphatic carbocycles. The first-order chi connectivity index (χ1) is 12.4. The molecule has 5 nitrogen and oxygen atoms in total. The van der Waals surface area contributed by atoms with E-state index in [-0.39, 0.29) is 16.6 Å². The molecule has 0 unspecified atom stereocenters. The van der Waals surface area contributed by atoms with E-state index in [9.17, 15) is 5.26 Å². The van der Waals surface area contributed by atoms with Gasteiger partial charge in [-0.25, -0.2) is 4.98 Å². The minimum Gasteiger partial charge on any atom is -0.364 e. The third-order valence-electron chi connectivity index (χ3n) is 6.71. The highest BCUT2D eigenvalue weighted by atomic mass is 16.5. The van der Waals surface area contributed by atoms with Gasteiger partial charge in [-0.1, -0.05) is 12.1 Å². The quantitative estimate of drug-likeness (QED) is 0.855. The lowest BCUT2D eigenvalue weighted by molar-refractivity contribution is -0.146. The van der Waals surface area contributed by atoms with Crippen molar-refractivity contribution in [1.82, 2.24) is 14.5 Å². The summed E-state index contributed by atoms with van der Waals surface area (Å²) in [7, 11) is 0. The van der Waals surface area contributed by atoms with Gasteiger partial charge in [0.15, 0.2) is 0 Å². The van der Waals surface area contributed by atoms with Gasteiger partial charge in [0, 0.05) is 31.0 Å². The summed E-state index contributed by atoms with van der Waals surface area (Å²) < 4.78 is 8.45. The Hall–Kier alpha value is -2.16. The van der Waals surface area contributed by atoms with E-state index < -0.39 is 0 Å². The Morgan fingerprint density at radius 2 is 1.88 bits per heavy atom. The Balaban J connectivity index is 1.26. The van der Waals surface area contributed by atoms with E-state index >= 15 is 0 Å². The molecule has 5 heteroatoms. The van der Waals surface area contributed by atoms with Crippen molar-refractivity contribution in [2.75, 3.05) is 13.1 Å². The zero-order valence-electron chi connectivity index (χ0n) is 15.6. The van der Waals surface area contributed by atoms with Crippen LogP contribution in [0.1, 0.15) is 36.7 Å². The summed E-state index contributed by atoms with van der Waals surface area (Å²) >= 11 is 0. The van der Waals surface area contributed by atoms with Crippen LogP contribution in [0.3, 0.4) is 0 Å². The molecule has 6 rings (SSSR count). The van der Waals surface area contributed by atoms with Crippen molar-refractivity contribution in [2.45, 2.75) is 51.4 Å². The Bertz CT molecular complexity index is 908. The van der Waals surface area contributed by atoms with Crippen LogP contribution in [0.5, 0.6) is 0 Å². The second kappa shape index (κ2) is 4.97. The second-order valence-corrected chi connectivity index (χ2v) is 8.69. The van der Waals surface area contributed by atoms with Gasteiger partial charge in [0.2, 0.25) is 0 Å². The van der Waals surface area contributed by atoms with Gasteiger partial charge < -0.3 is 9.30 Å². The zero-order chi connectivity index (χ0) is 18.2. The average molecular weight is 348 g/mol. The van der Waals surface area contributed by atoms with Crippen LogP contribution in [0, 0.1) is 30.6 Å². The molecule has 0 radical (unpaired) electrons. The molecule has 1 aromatic carbocycles. The third kappa shape index (κ3) is 2.00. The van der Waals surface area contributed by atoms with Crippen molar-refractivity contribution in [2.24, 2.45) is 5.41 Å². The Morgan fingerprint density at radius 3 is 2.46 bits per heavy atom. The van der Waals surface area contributed by atoms with Crippen LogP contribution >= 0.6 is 0 Å². The highest BCUT2D eigenvalue weighted by Crippen LogP contribution is 2.68. The van der Waals surface area contributed by atoms with Gasteiger partial charge in [0.1, 0.15) is 5.60 Å². The second-order valence-electron chi connectivity index (χ2n) is 8.69.